The highest BCUT2D eigenvalue weighted by molar-refractivity contribution is 7.99. The Kier molecular flexibility index (Phi) is 4.84. The Labute approximate surface area is 170 Å². The summed E-state index contributed by atoms with van der Waals surface area (Å²) in [5, 5.41) is 9.29. The Morgan fingerprint density at radius 2 is 1.93 bits per heavy atom. The van der Waals surface area contributed by atoms with Gasteiger partial charge in [0.25, 0.3) is 10.8 Å². The molecule has 6 nitrogen and oxygen atoms in total. The molecule has 0 aliphatic carbocycles. The molecule has 0 saturated carbocycles. The quantitative estimate of drug-likeness (QED) is 0.468. The summed E-state index contributed by atoms with van der Waals surface area (Å²) in [5.74, 6) is 1.09. The number of H-pyrrole nitrogens is 1. The standard InChI is InChI=1S/C20H20N4O2S2/c1-9-6-7-14(8-10(9)2)18-23-24-20(26-18)28-13(5)16-21-17(25)15-11(3)12(4)27-19(15)22-16/h6-8,13H,1-5H3,(H,21,22,25). The minimum absolute atomic E-state index is 0.101. The molecule has 0 aliphatic heterocycles. The number of rotatable bonds is 4. The maximum absolute atomic E-state index is 12.5. The number of fused-ring (bicyclic) bond motifs is 1. The summed E-state index contributed by atoms with van der Waals surface area (Å²) < 4.78 is 5.82. The molecule has 4 aromatic rings. The summed E-state index contributed by atoms with van der Waals surface area (Å²) >= 11 is 2.92. The highest BCUT2D eigenvalue weighted by atomic mass is 32.2. The molecule has 1 atom stereocenters. The van der Waals surface area contributed by atoms with Crippen LogP contribution in [0.1, 0.15) is 39.6 Å². The summed E-state index contributed by atoms with van der Waals surface area (Å²) in [5.41, 5.74) is 4.18. The van der Waals surface area contributed by atoms with Crippen molar-refractivity contribution in [2.75, 3.05) is 0 Å². The van der Waals surface area contributed by atoms with Crippen LogP contribution in [0.25, 0.3) is 21.7 Å². The molecule has 3 aromatic heterocycles. The Morgan fingerprint density at radius 1 is 1.14 bits per heavy atom. The third kappa shape index (κ3) is 3.38. The average molecular weight is 413 g/mol. The molecule has 0 fully saturated rings. The first kappa shape index (κ1) is 18.9. The number of aromatic amines is 1. The van der Waals surface area contributed by atoms with E-state index in [0.717, 1.165) is 20.8 Å². The van der Waals surface area contributed by atoms with Gasteiger partial charge in [-0.3, -0.25) is 4.79 Å². The van der Waals surface area contributed by atoms with Gasteiger partial charge >= 0.3 is 0 Å². The molecule has 4 rings (SSSR count). The van der Waals surface area contributed by atoms with Gasteiger partial charge in [0, 0.05) is 10.4 Å². The van der Waals surface area contributed by atoms with Gasteiger partial charge in [0.2, 0.25) is 5.89 Å². The number of hydrogen-bond acceptors (Lipinski definition) is 7. The summed E-state index contributed by atoms with van der Waals surface area (Å²) in [6.45, 7) is 10.0. The molecule has 1 N–H and O–H groups in total. The Morgan fingerprint density at radius 3 is 2.68 bits per heavy atom. The lowest BCUT2D eigenvalue weighted by Gasteiger charge is -2.07. The van der Waals surface area contributed by atoms with Gasteiger partial charge in [0.1, 0.15) is 10.7 Å². The van der Waals surface area contributed by atoms with E-state index in [4.69, 9.17) is 4.42 Å². The van der Waals surface area contributed by atoms with Crippen LogP contribution in [0.3, 0.4) is 0 Å². The first-order chi connectivity index (χ1) is 13.3. The van der Waals surface area contributed by atoms with Gasteiger partial charge in [-0.15, -0.1) is 21.5 Å². The van der Waals surface area contributed by atoms with Crippen LogP contribution in [0, 0.1) is 27.7 Å². The minimum atomic E-state index is -0.132. The second-order valence-corrected chi connectivity index (χ2v) is 9.34. The van der Waals surface area contributed by atoms with Crippen LogP contribution in [-0.2, 0) is 0 Å². The highest BCUT2D eigenvalue weighted by Crippen LogP contribution is 2.35. The molecule has 3 heterocycles. The van der Waals surface area contributed by atoms with Gasteiger partial charge in [-0.2, -0.15) is 0 Å². The molecule has 0 spiro atoms. The lowest BCUT2D eigenvalue weighted by Crippen LogP contribution is -2.12. The molecule has 0 amide bonds. The number of nitrogens with zero attached hydrogens (tertiary/aromatic N) is 3. The molecule has 144 valence electrons. The highest BCUT2D eigenvalue weighted by Gasteiger charge is 2.19. The zero-order chi connectivity index (χ0) is 20.0. The van der Waals surface area contributed by atoms with E-state index in [1.807, 2.05) is 39.0 Å². The average Bonchev–Trinajstić information content (AvgIpc) is 3.22. The van der Waals surface area contributed by atoms with E-state index >= 15 is 0 Å². The van der Waals surface area contributed by atoms with Crippen LogP contribution in [0.4, 0.5) is 0 Å². The number of thioether (sulfide) groups is 1. The second-order valence-electron chi connectivity index (χ2n) is 6.85. The molecule has 0 radical (unpaired) electrons. The molecule has 0 aliphatic rings. The van der Waals surface area contributed by atoms with Gasteiger partial charge < -0.3 is 9.40 Å². The maximum atomic E-state index is 12.5. The topological polar surface area (TPSA) is 84.7 Å². The fourth-order valence-electron chi connectivity index (χ4n) is 2.92. The van der Waals surface area contributed by atoms with Crippen LogP contribution in [0.15, 0.2) is 32.6 Å². The molecular weight excluding hydrogens is 392 g/mol. The van der Waals surface area contributed by atoms with Crippen molar-refractivity contribution in [3.05, 3.63) is 55.9 Å². The monoisotopic (exact) mass is 412 g/mol. The van der Waals surface area contributed by atoms with E-state index in [0.29, 0.717) is 22.3 Å². The van der Waals surface area contributed by atoms with E-state index < -0.39 is 0 Å². The fourth-order valence-corrected chi connectivity index (χ4v) is 4.70. The van der Waals surface area contributed by atoms with E-state index in [1.54, 1.807) is 11.3 Å². The fraction of sp³-hybridized carbons (Fsp3) is 0.300. The summed E-state index contributed by atoms with van der Waals surface area (Å²) in [7, 11) is 0. The zero-order valence-electron chi connectivity index (χ0n) is 16.3. The van der Waals surface area contributed by atoms with Crippen LogP contribution < -0.4 is 5.56 Å². The number of aromatic nitrogens is 4. The van der Waals surface area contributed by atoms with Crippen molar-refractivity contribution in [3.8, 4) is 11.5 Å². The van der Waals surface area contributed by atoms with Gasteiger partial charge in [-0.25, -0.2) is 4.98 Å². The van der Waals surface area contributed by atoms with Crippen molar-refractivity contribution in [2.45, 2.75) is 45.1 Å². The number of thiophene rings is 1. The molecule has 1 aromatic carbocycles. The van der Waals surface area contributed by atoms with Gasteiger partial charge in [0.15, 0.2) is 0 Å². The van der Waals surface area contributed by atoms with Crippen molar-refractivity contribution >= 4 is 33.3 Å². The first-order valence-corrected chi connectivity index (χ1v) is 10.6. The smallest absolute Gasteiger partial charge is 0.277 e. The number of nitrogens with one attached hydrogen (secondary N) is 1. The summed E-state index contributed by atoms with van der Waals surface area (Å²) in [4.78, 5) is 21.9. The van der Waals surface area contributed by atoms with Crippen LogP contribution >= 0.6 is 23.1 Å². The SMILES string of the molecule is Cc1ccc(-c2nnc(SC(C)c3nc4sc(C)c(C)c4c(=O)[nH]3)o2)cc1C. The minimum Gasteiger partial charge on any atom is -0.411 e. The van der Waals surface area contributed by atoms with Gasteiger partial charge in [-0.1, -0.05) is 17.8 Å². The molecule has 8 heteroatoms. The summed E-state index contributed by atoms with van der Waals surface area (Å²) in [6, 6.07) is 6.05. The van der Waals surface area contributed by atoms with Crippen LogP contribution in [-0.4, -0.2) is 20.2 Å². The van der Waals surface area contributed by atoms with Crippen molar-refractivity contribution in [1.82, 2.24) is 20.2 Å². The Bertz CT molecular complexity index is 1240. The Hall–Kier alpha value is -2.45. The van der Waals surface area contributed by atoms with Crippen molar-refractivity contribution < 1.29 is 4.42 Å². The van der Waals surface area contributed by atoms with E-state index in [2.05, 4.69) is 34.0 Å². The van der Waals surface area contributed by atoms with E-state index in [-0.39, 0.29) is 10.8 Å². The maximum Gasteiger partial charge on any atom is 0.277 e. The first-order valence-electron chi connectivity index (χ1n) is 8.91. The summed E-state index contributed by atoms with van der Waals surface area (Å²) in [6.07, 6.45) is 0. The number of hydrogen-bond donors (Lipinski definition) is 1. The lowest BCUT2D eigenvalue weighted by molar-refractivity contribution is 0.465. The van der Waals surface area contributed by atoms with E-state index in [9.17, 15) is 4.79 Å². The van der Waals surface area contributed by atoms with Crippen LogP contribution in [0.2, 0.25) is 0 Å². The third-order valence-corrected chi connectivity index (χ3v) is 6.92. The molecule has 0 saturated heterocycles. The van der Waals surface area contributed by atoms with Crippen molar-refractivity contribution in [3.63, 3.8) is 0 Å². The van der Waals surface area contributed by atoms with Crippen LogP contribution in [0.5, 0.6) is 0 Å². The van der Waals surface area contributed by atoms with Crippen molar-refractivity contribution in [1.29, 1.82) is 0 Å². The second kappa shape index (κ2) is 7.18. The Balaban J connectivity index is 1.60. The largest absolute Gasteiger partial charge is 0.411 e. The third-order valence-electron chi connectivity index (χ3n) is 4.88. The molecule has 1 unspecified atom stereocenters. The normalized spacial score (nSPS) is 12.6. The van der Waals surface area contributed by atoms with Gasteiger partial charge in [0.05, 0.1) is 10.6 Å². The molecule has 0 bridgehead atoms. The van der Waals surface area contributed by atoms with Gasteiger partial charge in [-0.05, 0) is 63.4 Å². The number of aryl methyl sites for hydroxylation is 4. The van der Waals surface area contributed by atoms with E-state index in [1.165, 1.54) is 22.9 Å². The molecular formula is C20H20N4O2S2. The molecule has 28 heavy (non-hydrogen) atoms. The van der Waals surface area contributed by atoms with Crippen molar-refractivity contribution in [2.24, 2.45) is 0 Å². The predicted octanol–water partition coefficient (Wildman–Crippen LogP) is 5.12. The number of benzene rings is 1. The zero-order valence-corrected chi connectivity index (χ0v) is 17.9. The predicted molar refractivity (Wildman–Crippen MR) is 113 cm³/mol. The lowest BCUT2D eigenvalue weighted by atomic mass is 10.1.